The van der Waals surface area contributed by atoms with Gasteiger partial charge in [0.2, 0.25) is 0 Å². The van der Waals surface area contributed by atoms with Gasteiger partial charge in [0.25, 0.3) is 0 Å². The molecule has 0 amide bonds. The predicted octanol–water partition coefficient (Wildman–Crippen LogP) is 5.04. The van der Waals surface area contributed by atoms with Gasteiger partial charge in [0.1, 0.15) is 0 Å². The average molecular weight is 305 g/mol. The third-order valence-electron chi connectivity index (χ3n) is 3.79. The van der Waals surface area contributed by atoms with E-state index in [1.54, 1.807) is 0 Å². The molecule has 2 rings (SSSR count). The van der Waals surface area contributed by atoms with Gasteiger partial charge in [-0.05, 0) is 42.2 Å². The SMILES string of the molecule is CCCn1cccc1CNC(c1ccc(Cl)cc1)C(C)C. The molecule has 1 aromatic carbocycles. The highest BCUT2D eigenvalue weighted by atomic mass is 35.5. The van der Waals surface area contributed by atoms with Crippen molar-refractivity contribution in [3.8, 4) is 0 Å². The summed E-state index contributed by atoms with van der Waals surface area (Å²) in [7, 11) is 0. The summed E-state index contributed by atoms with van der Waals surface area (Å²) in [5.74, 6) is 0.528. The maximum Gasteiger partial charge on any atom is 0.0406 e. The topological polar surface area (TPSA) is 17.0 Å². The molecule has 0 saturated carbocycles. The van der Waals surface area contributed by atoms with Crippen molar-refractivity contribution in [2.45, 2.75) is 46.3 Å². The van der Waals surface area contributed by atoms with Crippen LogP contribution in [-0.4, -0.2) is 4.57 Å². The molecule has 2 nitrogen and oxygen atoms in total. The van der Waals surface area contributed by atoms with E-state index in [4.69, 9.17) is 11.6 Å². The van der Waals surface area contributed by atoms with Gasteiger partial charge in [0.05, 0.1) is 0 Å². The summed E-state index contributed by atoms with van der Waals surface area (Å²) >= 11 is 5.99. The van der Waals surface area contributed by atoms with Gasteiger partial charge >= 0.3 is 0 Å². The number of hydrogen-bond acceptors (Lipinski definition) is 1. The molecule has 0 bridgehead atoms. The molecule has 1 atom stereocenters. The zero-order valence-electron chi connectivity index (χ0n) is 13.1. The van der Waals surface area contributed by atoms with Gasteiger partial charge in [0, 0.05) is 36.0 Å². The highest BCUT2D eigenvalue weighted by Crippen LogP contribution is 2.23. The number of nitrogens with one attached hydrogen (secondary N) is 1. The first-order valence-corrected chi connectivity index (χ1v) is 8.12. The summed E-state index contributed by atoms with van der Waals surface area (Å²) in [6, 6.07) is 12.8. The summed E-state index contributed by atoms with van der Waals surface area (Å²) in [4.78, 5) is 0. The molecule has 1 N–H and O–H groups in total. The quantitative estimate of drug-likeness (QED) is 0.758. The van der Waals surface area contributed by atoms with Crippen LogP contribution in [0.2, 0.25) is 5.02 Å². The van der Waals surface area contributed by atoms with Crippen molar-refractivity contribution in [1.82, 2.24) is 9.88 Å². The van der Waals surface area contributed by atoms with Crippen LogP contribution in [0.3, 0.4) is 0 Å². The second-order valence-electron chi connectivity index (χ2n) is 5.85. The number of aryl methyl sites for hydroxylation is 1. The molecule has 0 radical (unpaired) electrons. The number of rotatable bonds is 7. The summed E-state index contributed by atoms with van der Waals surface area (Å²) in [5.41, 5.74) is 2.64. The number of halogens is 1. The fourth-order valence-electron chi connectivity index (χ4n) is 2.69. The molecular weight excluding hydrogens is 280 g/mol. The molecule has 21 heavy (non-hydrogen) atoms. The van der Waals surface area contributed by atoms with E-state index in [0.29, 0.717) is 12.0 Å². The summed E-state index contributed by atoms with van der Waals surface area (Å²) in [6.07, 6.45) is 3.32. The maximum absolute atomic E-state index is 5.99. The van der Waals surface area contributed by atoms with Gasteiger partial charge < -0.3 is 9.88 Å². The molecule has 114 valence electrons. The van der Waals surface area contributed by atoms with E-state index in [2.05, 4.69) is 61.1 Å². The van der Waals surface area contributed by atoms with Gasteiger partial charge in [-0.3, -0.25) is 0 Å². The van der Waals surface area contributed by atoms with E-state index in [0.717, 1.165) is 24.5 Å². The Morgan fingerprint density at radius 1 is 1.14 bits per heavy atom. The first-order chi connectivity index (χ1) is 10.1. The fourth-order valence-corrected chi connectivity index (χ4v) is 2.82. The normalized spacial score (nSPS) is 12.8. The molecule has 0 fully saturated rings. The van der Waals surface area contributed by atoms with E-state index in [1.165, 1.54) is 11.3 Å². The van der Waals surface area contributed by atoms with Crippen molar-refractivity contribution in [1.29, 1.82) is 0 Å². The molecule has 1 aromatic heterocycles. The monoisotopic (exact) mass is 304 g/mol. The lowest BCUT2D eigenvalue weighted by Gasteiger charge is -2.23. The standard InChI is InChI=1S/C18H25ClN2/c1-4-11-21-12-5-6-17(21)13-20-18(14(2)3)15-7-9-16(19)10-8-15/h5-10,12,14,18,20H,4,11,13H2,1-3H3. The summed E-state index contributed by atoms with van der Waals surface area (Å²) < 4.78 is 2.33. The molecule has 1 heterocycles. The summed E-state index contributed by atoms with van der Waals surface area (Å²) in [6.45, 7) is 8.67. The van der Waals surface area contributed by atoms with Crippen LogP contribution < -0.4 is 5.32 Å². The third-order valence-corrected chi connectivity index (χ3v) is 4.04. The highest BCUT2D eigenvalue weighted by molar-refractivity contribution is 6.30. The smallest absolute Gasteiger partial charge is 0.0406 e. The van der Waals surface area contributed by atoms with E-state index in [-0.39, 0.29) is 0 Å². The summed E-state index contributed by atoms with van der Waals surface area (Å²) in [5, 5.41) is 4.48. The molecule has 2 aromatic rings. The Kier molecular flexibility index (Phi) is 5.89. The molecule has 1 unspecified atom stereocenters. The van der Waals surface area contributed by atoms with E-state index < -0.39 is 0 Å². The lowest BCUT2D eigenvalue weighted by Crippen LogP contribution is -2.26. The van der Waals surface area contributed by atoms with Gasteiger partial charge in [0.15, 0.2) is 0 Å². The maximum atomic E-state index is 5.99. The molecule has 0 saturated heterocycles. The second kappa shape index (κ2) is 7.67. The van der Waals surface area contributed by atoms with Crippen LogP contribution >= 0.6 is 11.6 Å². The van der Waals surface area contributed by atoms with Crippen molar-refractivity contribution >= 4 is 11.6 Å². The number of nitrogens with zero attached hydrogens (tertiary/aromatic N) is 1. The molecule has 0 aliphatic rings. The van der Waals surface area contributed by atoms with E-state index >= 15 is 0 Å². The van der Waals surface area contributed by atoms with E-state index in [1.807, 2.05) is 12.1 Å². The van der Waals surface area contributed by atoms with Gasteiger partial charge in [-0.1, -0.05) is 44.5 Å². The van der Waals surface area contributed by atoms with Crippen LogP contribution in [-0.2, 0) is 13.1 Å². The van der Waals surface area contributed by atoms with Crippen LogP contribution in [0.5, 0.6) is 0 Å². The first kappa shape index (κ1) is 16.1. The highest BCUT2D eigenvalue weighted by Gasteiger charge is 2.15. The van der Waals surface area contributed by atoms with Crippen molar-refractivity contribution in [2.24, 2.45) is 5.92 Å². The first-order valence-electron chi connectivity index (χ1n) is 7.74. The van der Waals surface area contributed by atoms with Gasteiger partial charge in [-0.2, -0.15) is 0 Å². The Balaban J connectivity index is 2.06. The Bertz CT molecular complexity index is 543. The second-order valence-corrected chi connectivity index (χ2v) is 6.28. The average Bonchev–Trinajstić information content (AvgIpc) is 2.89. The largest absolute Gasteiger partial charge is 0.350 e. The Labute approximate surface area is 133 Å². The number of benzene rings is 1. The van der Waals surface area contributed by atoms with Crippen molar-refractivity contribution in [2.75, 3.05) is 0 Å². The van der Waals surface area contributed by atoms with Crippen LogP contribution in [0.1, 0.15) is 44.5 Å². The van der Waals surface area contributed by atoms with E-state index in [9.17, 15) is 0 Å². The molecule has 3 heteroatoms. The van der Waals surface area contributed by atoms with Gasteiger partial charge in [-0.15, -0.1) is 0 Å². The molecule has 0 aliphatic heterocycles. The third kappa shape index (κ3) is 4.36. The van der Waals surface area contributed by atoms with Crippen LogP contribution in [0.15, 0.2) is 42.6 Å². The minimum absolute atomic E-state index is 0.340. The Morgan fingerprint density at radius 2 is 1.86 bits per heavy atom. The van der Waals surface area contributed by atoms with Crippen molar-refractivity contribution in [3.63, 3.8) is 0 Å². The Hall–Kier alpha value is -1.25. The van der Waals surface area contributed by atoms with Crippen molar-refractivity contribution < 1.29 is 0 Å². The number of aromatic nitrogens is 1. The zero-order valence-corrected chi connectivity index (χ0v) is 13.9. The van der Waals surface area contributed by atoms with Crippen molar-refractivity contribution in [3.05, 3.63) is 58.9 Å². The molecule has 0 spiro atoms. The predicted molar refractivity (Wildman–Crippen MR) is 90.6 cm³/mol. The molecule has 0 aliphatic carbocycles. The minimum Gasteiger partial charge on any atom is -0.350 e. The Morgan fingerprint density at radius 3 is 2.48 bits per heavy atom. The molecular formula is C18H25ClN2. The number of hydrogen-bond donors (Lipinski definition) is 1. The fraction of sp³-hybridized carbons (Fsp3) is 0.444. The van der Waals surface area contributed by atoms with Crippen LogP contribution in [0, 0.1) is 5.92 Å². The zero-order chi connectivity index (χ0) is 15.2. The van der Waals surface area contributed by atoms with Crippen LogP contribution in [0.25, 0.3) is 0 Å². The lowest BCUT2D eigenvalue weighted by molar-refractivity contribution is 0.404. The van der Waals surface area contributed by atoms with Crippen LogP contribution in [0.4, 0.5) is 0 Å². The lowest BCUT2D eigenvalue weighted by atomic mass is 9.96. The van der Waals surface area contributed by atoms with Gasteiger partial charge in [-0.25, -0.2) is 0 Å². The minimum atomic E-state index is 0.340.